The Bertz CT molecular complexity index is 829. The van der Waals surface area contributed by atoms with E-state index in [9.17, 15) is 9.18 Å². The van der Waals surface area contributed by atoms with E-state index in [0.29, 0.717) is 48.3 Å². The molecule has 3 rings (SSSR count). The molecule has 150 valence electrons. The summed E-state index contributed by atoms with van der Waals surface area (Å²) in [6, 6.07) is 9.74. The Balaban J connectivity index is 1.74. The molecule has 5 nitrogen and oxygen atoms in total. The summed E-state index contributed by atoms with van der Waals surface area (Å²) in [5.41, 5.74) is 1.43. The Labute approximate surface area is 169 Å². The first kappa shape index (κ1) is 20.3. The molecule has 1 aliphatic heterocycles. The maximum atomic E-state index is 13.2. The average molecular weight is 407 g/mol. The first-order valence-corrected chi connectivity index (χ1v) is 9.71. The van der Waals surface area contributed by atoms with Crippen LogP contribution in [0.3, 0.4) is 0 Å². The van der Waals surface area contributed by atoms with Crippen molar-refractivity contribution in [1.82, 2.24) is 4.90 Å². The normalized spacial score (nSPS) is 14.6. The van der Waals surface area contributed by atoms with Crippen LogP contribution in [0.15, 0.2) is 36.4 Å². The fourth-order valence-electron chi connectivity index (χ4n) is 3.34. The van der Waals surface area contributed by atoms with Gasteiger partial charge in [-0.3, -0.25) is 4.79 Å². The fourth-order valence-corrected chi connectivity index (χ4v) is 3.61. The van der Waals surface area contributed by atoms with E-state index < -0.39 is 0 Å². The summed E-state index contributed by atoms with van der Waals surface area (Å²) in [6.07, 6.45) is 0.824. The number of nitrogens with zero attached hydrogens (tertiary/aromatic N) is 2. The van der Waals surface area contributed by atoms with Gasteiger partial charge in [-0.25, -0.2) is 4.39 Å². The second-order valence-electron chi connectivity index (χ2n) is 6.53. The highest BCUT2D eigenvalue weighted by Gasteiger charge is 2.23. The minimum Gasteiger partial charge on any atom is -0.493 e. The Kier molecular flexibility index (Phi) is 6.62. The summed E-state index contributed by atoms with van der Waals surface area (Å²) >= 11 is 6.31. The predicted molar refractivity (Wildman–Crippen MR) is 108 cm³/mol. The van der Waals surface area contributed by atoms with E-state index in [2.05, 4.69) is 4.90 Å². The fraction of sp³-hybridized carbons (Fsp3) is 0.381. The van der Waals surface area contributed by atoms with Crippen LogP contribution >= 0.6 is 11.6 Å². The number of halogens is 2. The third-order valence-corrected chi connectivity index (χ3v) is 5.02. The van der Waals surface area contributed by atoms with Crippen molar-refractivity contribution in [3.63, 3.8) is 0 Å². The molecule has 0 N–H and O–H groups in total. The lowest BCUT2D eigenvalue weighted by Crippen LogP contribution is -2.35. The van der Waals surface area contributed by atoms with E-state index >= 15 is 0 Å². The second kappa shape index (κ2) is 9.15. The van der Waals surface area contributed by atoms with Gasteiger partial charge in [0, 0.05) is 37.4 Å². The molecule has 1 saturated heterocycles. The molecule has 7 heteroatoms. The molecule has 1 amide bonds. The molecular weight excluding hydrogens is 383 g/mol. The van der Waals surface area contributed by atoms with Crippen LogP contribution < -0.4 is 14.4 Å². The zero-order chi connectivity index (χ0) is 20.1. The van der Waals surface area contributed by atoms with Crippen molar-refractivity contribution < 1.29 is 18.7 Å². The number of methoxy groups -OCH3 is 1. The Morgan fingerprint density at radius 2 is 1.89 bits per heavy atom. The van der Waals surface area contributed by atoms with Crippen molar-refractivity contribution >= 4 is 23.2 Å². The molecule has 0 atom stereocenters. The largest absolute Gasteiger partial charge is 0.493 e. The molecule has 0 aliphatic carbocycles. The van der Waals surface area contributed by atoms with Crippen molar-refractivity contribution in [2.24, 2.45) is 0 Å². The molecule has 1 heterocycles. The van der Waals surface area contributed by atoms with E-state index in [1.165, 1.54) is 19.2 Å². The standard InChI is InChI=1S/C21H24ClFN2O3/c1-3-28-20-18(22)13-15(14-19(20)27-2)21(26)25-10-4-9-24(11-12-25)17-7-5-16(23)6-8-17/h5-8,13-14H,3-4,9-12H2,1-2H3. The van der Waals surface area contributed by atoms with Gasteiger partial charge in [-0.15, -0.1) is 0 Å². The highest BCUT2D eigenvalue weighted by molar-refractivity contribution is 6.32. The summed E-state index contributed by atoms with van der Waals surface area (Å²) in [6.45, 7) is 5.02. The zero-order valence-corrected chi connectivity index (χ0v) is 16.8. The number of anilines is 1. The first-order valence-electron chi connectivity index (χ1n) is 9.33. The van der Waals surface area contributed by atoms with Gasteiger partial charge >= 0.3 is 0 Å². The van der Waals surface area contributed by atoms with Crippen LogP contribution in [0.5, 0.6) is 11.5 Å². The molecule has 0 aromatic heterocycles. The SMILES string of the molecule is CCOc1c(Cl)cc(C(=O)N2CCCN(c3ccc(F)cc3)CC2)cc1OC. The highest BCUT2D eigenvalue weighted by Crippen LogP contribution is 2.36. The quantitative estimate of drug-likeness (QED) is 0.744. The molecule has 0 saturated carbocycles. The monoisotopic (exact) mass is 406 g/mol. The third kappa shape index (κ3) is 4.50. The Morgan fingerprint density at radius 3 is 2.57 bits per heavy atom. The number of hydrogen-bond acceptors (Lipinski definition) is 4. The molecule has 0 spiro atoms. The van der Waals surface area contributed by atoms with Crippen molar-refractivity contribution in [3.8, 4) is 11.5 Å². The maximum Gasteiger partial charge on any atom is 0.254 e. The number of benzene rings is 2. The molecule has 0 radical (unpaired) electrons. The van der Waals surface area contributed by atoms with Crippen LogP contribution in [0, 0.1) is 5.82 Å². The summed E-state index contributed by atoms with van der Waals surface area (Å²) in [5, 5.41) is 0.354. The third-order valence-electron chi connectivity index (χ3n) is 4.74. The zero-order valence-electron chi connectivity index (χ0n) is 16.1. The van der Waals surface area contributed by atoms with E-state index in [-0.39, 0.29) is 11.7 Å². The lowest BCUT2D eigenvalue weighted by molar-refractivity contribution is 0.0766. The average Bonchev–Trinajstić information content (AvgIpc) is 2.95. The van der Waals surface area contributed by atoms with E-state index in [0.717, 1.165) is 18.7 Å². The number of carbonyl (C=O) groups is 1. The smallest absolute Gasteiger partial charge is 0.254 e. The molecule has 28 heavy (non-hydrogen) atoms. The summed E-state index contributed by atoms with van der Waals surface area (Å²) < 4.78 is 24.0. The van der Waals surface area contributed by atoms with Gasteiger partial charge in [-0.1, -0.05) is 11.6 Å². The summed E-state index contributed by atoms with van der Waals surface area (Å²) in [4.78, 5) is 17.0. The first-order chi connectivity index (χ1) is 13.5. The van der Waals surface area contributed by atoms with Gasteiger partial charge in [0.05, 0.1) is 18.7 Å². The topological polar surface area (TPSA) is 42.0 Å². The van der Waals surface area contributed by atoms with Gasteiger partial charge in [0.15, 0.2) is 11.5 Å². The summed E-state index contributed by atoms with van der Waals surface area (Å²) in [7, 11) is 1.52. The van der Waals surface area contributed by atoms with Crippen molar-refractivity contribution in [2.45, 2.75) is 13.3 Å². The number of carbonyl (C=O) groups excluding carboxylic acids is 1. The molecule has 0 unspecified atom stereocenters. The molecular formula is C21H24ClFN2O3. The Morgan fingerprint density at radius 1 is 1.14 bits per heavy atom. The lowest BCUT2D eigenvalue weighted by Gasteiger charge is -2.24. The Hall–Kier alpha value is -2.47. The van der Waals surface area contributed by atoms with Crippen molar-refractivity contribution in [3.05, 3.63) is 52.8 Å². The lowest BCUT2D eigenvalue weighted by atomic mass is 10.1. The van der Waals surface area contributed by atoms with E-state index in [1.54, 1.807) is 24.3 Å². The number of rotatable bonds is 5. The number of hydrogen-bond donors (Lipinski definition) is 0. The molecule has 2 aromatic rings. The van der Waals surface area contributed by atoms with Crippen LogP contribution in [0.25, 0.3) is 0 Å². The number of amides is 1. The minimum absolute atomic E-state index is 0.0933. The summed E-state index contributed by atoms with van der Waals surface area (Å²) in [5.74, 6) is 0.544. The second-order valence-corrected chi connectivity index (χ2v) is 6.94. The van der Waals surface area contributed by atoms with Crippen LogP contribution in [0.2, 0.25) is 5.02 Å². The van der Waals surface area contributed by atoms with Crippen molar-refractivity contribution in [2.75, 3.05) is 44.8 Å². The van der Waals surface area contributed by atoms with E-state index in [1.807, 2.05) is 11.8 Å². The van der Waals surface area contributed by atoms with Crippen LogP contribution in [0.4, 0.5) is 10.1 Å². The van der Waals surface area contributed by atoms with Crippen LogP contribution in [-0.4, -0.2) is 50.7 Å². The molecule has 0 bridgehead atoms. The number of ether oxygens (including phenoxy) is 2. The molecule has 2 aromatic carbocycles. The van der Waals surface area contributed by atoms with Gasteiger partial charge in [-0.2, -0.15) is 0 Å². The minimum atomic E-state index is -0.253. The maximum absolute atomic E-state index is 13.2. The van der Waals surface area contributed by atoms with Gasteiger partial charge in [0.1, 0.15) is 5.82 Å². The van der Waals surface area contributed by atoms with Gasteiger partial charge in [0.2, 0.25) is 0 Å². The van der Waals surface area contributed by atoms with Gasteiger partial charge < -0.3 is 19.3 Å². The van der Waals surface area contributed by atoms with Crippen LogP contribution in [-0.2, 0) is 0 Å². The predicted octanol–water partition coefficient (Wildman–Crippen LogP) is 4.24. The van der Waals surface area contributed by atoms with E-state index in [4.69, 9.17) is 21.1 Å². The highest BCUT2D eigenvalue weighted by atomic mass is 35.5. The molecule has 1 aliphatic rings. The van der Waals surface area contributed by atoms with Gasteiger partial charge in [-0.05, 0) is 49.7 Å². The molecule has 1 fully saturated rings. The van der Waals surface area contributed by atoms with Crippen molar-refractivity contribution in [1.29, 1.82) is 0 Å². The van der Waals surface area contributed by atoms with Crippen LogP contribution in [0.1, 0.15) is 23.7 Å². The van der Waals surface area contributed by atoms with Gasteiger partial charge in [0.25, 0.3) is 5.91 Å².